The van der Waals surface area contributed by atoms with Crippen LogP contribution in [0.15, 0.2) is 65.6 Å². The van der Waals surface area contributed by atoms with Gasteiger partial charge in [0.15, 0.2) is 0 Å². The molecule has 1 saturated heterocycles. The van der Waals surface area contributed by atoms with Gasteiger partial charge in [0.05, 0.1) is 12.0 Å². The van der Waals surface area contributed by atoms with E-state index in [1.54, 1.807) is 23.5 Å². The highest BCUT2D eigenvalue weighted by molar-refractivity contribution is 7.89. The van der Waals surface area contributed by atoms with Gasteiger partial charge in [-0.25, -0.2) is 8.42 Å². The number of hydrogen-bond acceptors (Lipinski definition) is 5. The summed E-state index contributed by atoms with van der Waals surface area (Å²) in [4.78, 5) is 2.54. The molecule has 0 aromatic heterocycles. The van der Waals surface area contributed by atoms with Gasteiger partial charge in [-0.05, 0) is 40.6 Å². The highest BCUT2D eigenvalue weighted by atomic mass is 32.2. The Hall–Kier alpha value is -2.94. The molecule has 7 nitrogen and oxygen atoms in total. The molecule has 0 saturated carbocycles. The van der Waals surface area contributed by atoms with Crippen molar-refractivity contribution in [2.24, 2.45) is 5.73 Å². The van der Waals surface area contributed by atoms with Gasteiger partial charge in [0.1, 0.15) is 11.6 Å². The molecule has 0 bridgehead atoms. The van der Waals surface area contributed by atoms with Crippen molar-refractivity contribution in [2.45, 2.75) is 11.4 Å². The number of nitrogens with zero attached hydrogens (tertiary/aromatic N) is 2. The normalized spacial score (nSPS) is 15.8. The Balaban J connectivity index is 1.43. The molecule has 162 valence electrons. The molecular formula is C23H26N4O3S. The van der Waals surface area contributed by atoms with Gasteiger partial charge < -0.3 is 10.5 Å². The van der Waals surface area contributed by atoms with E-state index < -0.39 is 10.0 Å². The summed E-state index contributed by atoms with van der Waals surface area (Å²) in [5.74, 6) is 0.754. The monoisotopic (exact) mass is 438 g/mol. The molecule has 0 amide bonds. The Labute approximate surface area is 182 Å². The van der Waals surface area contributed by atoms with E-state index in [4.69, 9.17) is 15.9 Å². The summed E-state index contributed by atoms with van der Waals surface area (Å²) >= 11 is 0. The number of methoxy groups -OCH3 is 1. The molecule has 0 aliphatic carbocycles. The molecule has 1 aliphatic rings. The molecule has 1 heterocycles. The lowest BCUT2D eigenvalue weighted by molar-refractivity contribution is 0.181. The summed E-state index contributed by atoms with van der Waals surface area (Å²) in [6, 6.07) is 18.5. The second-order valence-electron chi connectivity index (χ2n) is 7.67. The number of amidine groups is 1. The van der Waals surface area contributed by atoms with Gasteiger partial charge in [0.2, 0.25) is 10.0 Å². The van der Waals surface area contributed by atoms with Crippen LogP contribution < -0.4 is 10.5 Å². The van der Waals surface area contributed by atoms with E-state index in [9.17, 15) is 8.42 Å². The van der Waals surface area contributed by atoms with Crippen LogP contribution in [-0.2, 0) is 16.6 Å². The zero-order valence-corrected chi connectivity index (χ0v) is 18.2. The number of hydrogen-bond donors (Lipinski definition) is 2. The minimum atomic E-state index is -3.56. The van der Waals surface area contributed by atoms with Gasteiger partial charge >= 0.3 is 0 Å². The van der Waals surface area contributed by atoms with Crippen LogP contribution in [0, 0.1) is 5.41 Å². The van der Waals surface area contributed by atoms with Crippen molar-refractivity contribution in [3.63, 3.8) is 0 Å². The minimum absolute atomic E-state index is 0.0532. The van der Waals surface area contributed by atoms with Crippen LogP contribution in [0.2, 0.25) is 0 Å². The summed E-state index contributed by atoms with van der Waals surface area (Å²) < 4.78 is 33.2. The SMILES string of the molecule is COc1ccc2ccc(S(=O)(=O)N3CCN(Cc4ccc(C(=N)N)cc4)CC3)cc2c1. The maximum absolute atomic E-state index is 13.2. The number of nitrogen functional groups attached to an aromatic ring is 1. The first-order valence-electron chi connectivity index (χ1n) is 10.1. The summed E-state index contributed by atoms with van der Waals surface area (Å²) in [5, 5.41) is 9.29. The first-order valence-corrected chi connectivity index (χ1v) is 11.5. The molecular weight excluding hydrogens is 412 g/mol. The Morgan fingerprint density at radius 2 is 1.65 bits per heavy atom. The van der Waals surface area contributed by atoms with Gasteiger partial charge in [-0.1, -0.05) is 36.4 Å². The van der Waals surface area contributed by atoms with E-state index in [0.29, 0.717) is 42.4 Å². The third-order valence-corrected chi connectivity index (χ3v) is 7.55. The molecule has 1 fully saturated rings. The Morgan fingerprint density at radius 3 is 2.29 bits per heavy atom. The first kappa shape index (κ1) is 21.3. The minimum Gasteiger partial charge on any atom is -0.497 e. The van der Waals surface area contributed by atoms with Gasteiger partial charge in [0.25, 0.3) is 0 Å². The van der Waals surface area contributed by atoms with Gasteiger partial charge in [-0.15, -0.1) is 0 Å². The molecule has 8 heteroatoms. The van der Waals surface area contributed by atoms with Crippen LogP contribution in [0.25, 0.3) is 10.8 Å². The molecule has 0 radical (unpaired) electrons. The number of sulfonamides is 1. The predicted molar refractivity (Wildman–Crippen MR) is 122 cm³/mol. The summed E-state index contributed by atoms with van der Waals surface area (Å²) in [5.41, 5.74) is 7.32. The van der Waals surface area contributed by atoms with Crippen LogP contribution in [0.1, 0.15) is 11.1 Å². The smallest absolute Gasteiger partial charge is 0.243 e. The number of nitrogens with one attached hydrogen (secondary N) is 1. The van der Waals surface area contributed by atoms with Crippen molar-refractivity contribution in [1.82, 2.24) is 9.21 Å². The van der Waals surface area contributed by atoms with E-state index in [2.05, 4.69) is 4.90 Å². The van der Waals surface area contributed by atoms with Crippen LogP contribution >= 0.6 is 0 Å². The Kier molecular flexibility index (Phi) is 5.95. The topological polar surface area (TPSA) is 99.7 Å². The Bertz CT molecular complexity index is 1200. The zero-order chi connectivity index (χ0) is 22.0. The van der Waals surface area contributed by atoms with Crippen molar-refractivity contribution in [3.05, 3.63) is 71.8 Å². The molecule has 0 atom stereocenters. The number of piperazine rings is 1. The molecule has 0 spiro atoms. The van der Waals surface area contributed by atoms with E-state index in [0.717, 1.165) is 22.9 Å². The first-order chi connectivity index (χ1) is 14.9. The summed E-state index contributed by atoms with van der Waals surface area (Å²) in [7, 11) is -1.96. The van der Waals surface area contributed by atoms with Crippen LogP contribution in [-0.4, -0.2) is 56.7 Å². The molecule has 3 aromatic rings. The highest BCUT2D eigenvalue weighted by Crippen LogP contribution is 2.26. The number of rotatable bonds is 6. The van der Waals surface area contributed by atoms with Gasteiger partial charge in [-0.2, -0.15) is 4.31 Å². The van der Waals surface area contributed by atoms with Gasteiger partial charge in [0, 0.05) is 38.3 Å². The van der Waals surface area contributed by atoms with Crippen molar-refractivity contribution < 1.29 is 13.2 Å². The van der Waals surface area contributed by atoms with Gasteiger partial charge in [-0.3, -0.25) is 10.3 Å². The Morgan fingerprint density at radius 1 is 0.968 bits per heavy atom. The maximum Gasteiger partial charge on any atom is 0.243 e. The molecule has 0 unspecified atom stereocenters. The fourth-order valence-corrected chi connectivity index (χ4v) is 5.27. The van der Waals surface area contributed by atoms with E-state index in [1.165, 1.54) is 0 Å². The van der Waals surface area contributed by atoms with Crippen LogP contribution in [0.5, 0.6) is 5.75 Å². The summed E-state index contributed by atoms with van der Waals surface area (Å²) in [6.07, 6.45) is 0. The second kappa shape index (κ2) is 8.66. The van der Waals surface area contributed by atoms with E-state index in [-0.39, 0.29) is 5.84 Å². The molecule has 3 aromatic carbocycles. The van der Waals surface area contributed by atoms with E-state index >= 15 is 0 Å². The lowest BCUT2D eigenvalue weighted by Crippen LogP contribution is -2.48. The van der Waals surface area contributed by atoms with Crippen molar-refractivity contribution in [3.8, 4) is 5.75 Å². The van der Waals surface area contributed by atoms with Crippen molar-refractivity contribution in [1.29, 1.82) is 5.41 Å². The number of benzene rings is 3. The fraction of sp³-hybridized carbons (Fsp3) is 0.261. The molecule has 31 heavy (non-hydrogen) atoms. The standard InChI is InChI=1S/C23H26N4O3S/c1-30-21-8-6-18-7-9-22(15-20(18)14-21)31(28,29)27-12-10-26(11-13-27)16-17-2-4-19(5-3-17)23(24)25/h2-9,14-15H,10-13,16H2,1H3,(H3,24,25). The molecule has 3 N–H and O–H groups in total. The van der Waals surface area contributed by atoms with Crippen molar-refractivity contribution in [2.75, 3.05) is 33.3 Å². The molecule has 1 aliphatic heterocycles. The average molecular weight is 439 g/mol. The summed E-state index contributed by atoms with van der Waals surface area (Å²) in [6.45, 7) is 2.96. The zero-order valence-electron chi connectivity index (χ0n) is 17.4. The third kappa shape index (κ3) is 4.56. The van der Waals surface area contributed by atoms with Crippen molar-refractivity contribution >= 4 is 26.6 Å². The van der Waals surface area contributed by atoms with Crippen LogP contribution in [0.3, 0.4) is 0 Å². The van der Waals surface area contributed by atoms with E-state index in [1.807, 2.05) is 48.5 Å². The predicted octanol–water partition coefficient (Wildman–Crippen LogP) is 2.64. The average Bonchev–Trinajstić information content (AvgIpc) is 2.79. The third-order valence-electron chi connectivity index (χ3n) is 5.66. The lowest BCUT2D eigenvalue weighted by atomic mass is 10.1. The quantitative estimate of drug-likeness (QED) is 0.455. The maximum atomic E-state index is 13.2. The second-order valence-corrected chi connectivity index (χ2v) is 9.60. The number of ether oxygens (including phenoxy) is 1. The molecule has 4 rings (SSSR count). The lowest BCUT2D eigenvalue weighted by Gasteiger charge is -2.34. The number of fused-ring (bicyclic) bond motifs is 1. The fourth-order valence-electron chi connectivity index (χ4n) is 3.82. The number of nitrogens with two attached hydrogens (primary N) is 1. The largest absolute Gasteiger partial charge is 0.497 e. The van der Waals surface area contributed by atoms with Crippen LogP contribution in [0.4, 0.5) is 0 Å². The highest BCUT2D eigenvalue weighted by Gasteiger charge is 2.28.